The highest BCUT2D eigenvalue weighted by Crippen LogP contribution is 2.41. The number of methoxy groups -OCH3 is 3. The number of nitrogens with zero attached hydrogens (tertiary/aromatic N) is 2. The van der Waals surface area contributed by atoms with Crippen LogP contribution in [0.15, 0.2) is 54.3 Å². The van der Waals surface area contributed by atoms with Crippen molar-refractivity contribution in [3.63, 3.8) is 0 Å². The van der Waals surface area contributed by atoms with Gasteiger partial charge in [0.25, 0.3) is 5.56 Å². The predicted molar refractivity (Wildman–Crippen MR) is 164 cm³/mol. The van der Waals surface area contributed by atoms with Gasteiger partial charge < -0.3 is 23.7 Å². The quantitative estimate of drug-likeness (QED) is 0.284. The van der Waals surface area contributed by atoms with Crippen molar-refractivity contribution in [1.82, 2.24) is 4.57 Å². The Morgan fingerprint density at radius 2 is 1.71 bits per heavy atom. The molecule has 0 amide bonds. The SMILES string of the molecule is CCOC(=O)C1=C(C)N=c2s/c(=C\c3cc(Br)c(OC(C)C)c(OC)c3)c(=O)n2[C@@H]1c1cc(OC)c(OC)cc1Br. The first-order valence-electron chi connectivity index (χ1n) is 12.7. The molecule has 41 heavy (non-hydrogen) atoms. The van der Waals surface area contributed by atoms with E-state index >= 15 is 0 Å². The van der Waals surface area contributed by atoms with Crippen molar-refractivity contribution in [2.24, 2.45) is 4.99 Å². The van der Waals surface area contributed by atoms with E-state index in [-0.39, 0.29) is 23.8 Å². The molecule has 4 rings (SSSR count). The van der Waals surface area contributed by atoms with Crippen molar-refractivity contribution in [2.75, 3.05) is 27.9 Å². The molecular formula is C29H30Br2N2O7S. The van der Waals surface area contributed by atoms with Crippen molar-refractivity contribution in [2.45, 2.75) is 39.8 Å². The van der Waals surface area contributed by atoms with Gasteiger partial charge in [0.05, 0.1) is 60.4 Å². The van der Waals surface area contributed by atoms with Crippen LogP contribution >= 0.6 is 43.2 Å². The Labute approximate surface area is 258 Å². The number of aromatic nitrogens is 1. The van der Waals surface area contributed by atoms with Crippen LogP contribution in [0, 0.1) is 0 Å². The average Bonchev–Trinajstić information content (AvgIpc) is 3.22. The largest absolute Gasteiger partial charge is 0.493 e. The minimum atomic E-state index is -0.829. The summed E-state index contributed by atoms with van der Waals surface area (Å²) < 4.78 is 31.1. The lowest BCUT2D eigenvalue weighted by Gasteiger charge is -2.26. The molecule has 218 valence electrons. The average molecular weight is 710 g/mol. The number of ether oxygens (including phenoxy) is 5. The summed E-state index contributed by atoms with van der Waals surface area (Å²) in [5.74, 6) is 1.50. The third kappa shape index (κ3) is 6.09. The molecule has 0 unspecified atom stereocenters. The zero-order valence-electron chi connectivity index (χ0n) is 23.7. The van der Waals surface area contributed by atoms with Crippen molar-refractivity contribution in [3.05, 3.63) is 75.3 Å². The molecule has 0 saturated carbocycles. The van der Waals surface area contributed by atoms with E-state index in [1.165, 1.54) is 30.1 Å². The topological polar surface area (TPSA) is 97.6 Å². The molecule has 0 spiro atoms. The molecule has 3 aromatic rings. The van der Waals surface area contributed by atoms with E-state index in [1.807, 2.05) is 19.9 Å². The molecule has 0 aliphatic carbocycles. The Morgan fingerprint density at radius 1 is 1.05 bits per heavy atom. The fourth-order valence-corrected chi connectivity index (χ4v) is 6.63. The first-order chi connectivity index (χ1) is 19.5. The van der Waals surface area contributed by atoms with Crippen molar-refractivity contribution in [3.8, 4) is 23.0 Å². The first-order valence-corrected chi connectivity index (χ1v) is 15.1. The maximum absolute atomic E-state index is 14.0. The Hall–Kier alpha value is -3.09. The van der Waals surface area contributed by atoms with Crippen LogP contribution in [0.25, 0.3) is 6.08 Å². The Kier molecular flexibility index (Phi) is 9.66. The number of allylic oxidation sites excluding steroid dienone is 1. The second kappa shape index (κ2) is 12.8. The summed E-state index contributed by atoms with van der Waals surface area (Å²) in [7, 11) is 4.63. The Bertz CT molecular complexity index is 1710. The number of hydrogen-bond donors (Lipinski definition) is 0. The van der Waals surface area contributed by atoms with Crippen LogP contribution in [0.5, 0.6) is 23.0 Å². The number of rotatable bonds is 9. The van der Waals surface area contributed by atoms with Gasteiger partial charge in [-0.3, -0.25) is 9.36 Å². The number of fused-ring (bicyclic) bond motifs is 1. The van der Waals surface area contributed by atoms with E-state index in [2.05, 4.69) is 36.9 Å². The zero-order valence-corrected chi connectivity index (χ0v) is 27.7. The van der Waals surface area contributed by atoms with Gasteiger partial charge >= 0.3 is 5.97 Å². The minimum Gasteiger partial charge on any atom is -0.493 e. The molecule has 1 aliphatic rings. The highest BCUT2D eigenvalue weighted by Gasteiger charge is 2.35. The van der Waals surface area contributed by atoms with E-state index < -0.39 is 12.0 Å². The monoisotopic (exact) mass is 708 g/mol. The standard InChI is InChI=1S/C29H30Br2N2O7S/c1-8-39-28(35)24-15(4)32-29-33(25(24)17-12-20(36-5)21(37-6)13-18(17)30)27(34)23(41-29)11-16-9-19(31)26(40-14(2)3)22(10-16)38-7/h9-14,25H,8H2,1-7H3/b23-11-/t25-/m1/s1. The predicted octanol–water partition coefficient (Wildman–Crippen LogP) is 5.14. The van der Waals surface area contributed by atoms with Gasteiger partial charge in [-0.1, -0.05) is 27.3 Å². The number of benzene rings is 2. The van der Waals surface area contributed by atoms with Gasteiger partial charge in [-0.05, 0) is 85.1 Å². The van der Waals surface area contributed by atoms with Crippen LogP contribution in [-0.4, -0.2) is 44.6 Å². The van der Waals surface area contributed by atoms with E-state index in [1.54, 1.807) is 45.2 Å². The molecule has 0 radical (unpaired) electrons. The van der Waals surface area contributed by atoms with Crippen molar-refractivity contribution >= 4 is 55.2 Å². The molecule has 0 bridgehead atoms. The van der Waals surface area contributed by atoms with Crippen LogP contribution in [0.3, 0.4) is 0 Å². The molecule has 2 heterocycles. The Balaban J connectivity index is 1.97. The van der Waals surface area contributed by atoms with Crippen LogP contribution < -0.4 is 33.8 Å². The van der Waals surface area contributed by atoms with Gasteiger partial charge in [0.15, 0.2) is 27.8 Å². The molecule has 1 atom stereocenters. The van der Waals surface area contributed by atoms with E-state index in [4.69, 9.17) is 23.7 Å². The van der Waals surface area contributed by atoms with Gasteiger partial charge in [0, 0.05) is 4.47 Å². The van der Waals surface area contributed by atoms with E-state index in [0.717, 1.165) is 5.56 Å². The maximum atomic E-state index is 14.0. The number of hydrogen-bond acceptors (Lipinski definition) is 9. The molecule has 0 fully saturated rings. The molecule has 0 N–H and O–H groups in total. The molecule has 0 saturated heterocycles. The highest BCUT2D eigenvalue weighted by atomic mass is 79.9. The summed E-state index contributed by atoms with van der Waals surface area (Å²) in [5.41, 5.74) is 1.75. The van der Waals surface area contributed by atoms with Crippen molar-refractivity contribution in [1.29, 1.82) is 0 Å². The number of halogens is 2. The van der Waals surface area contributed by atoms with Gasteiger partial charge in [-0.15, -0.1) is 0 Å². The van der Waals surface area contributed by atoms with Gasteiger partial charge in [0.1, 0.15) is 0 Å². The maximum Gasteiger partial charge on any atom is 0.338 e. The summed E-state index contributed by atoms with van der Waals surface area (Å²) in [5, 5.41) is 0. The summed E-state index contributed by atoms with van der Waals surface area (Å²) in [6, 6.07) is 6.32. The van der Waals surface area contributed by atoms with Crippen molar-refractivity contribution < 1.29 is 28.5 Å². The lowest BCUT2D eigenvalue weighted by molar-refractivity contribution is -0.139. The Morgan fingerprint density at radius 3 is 2.32 bits per heavy atom. The second-order valence-electron chi connectivity index (χ2n) is 9.23. The molecule has 1 aliphatic heterocycles. The highest BCUT2D eigenvalue weighted by molar-refractivity contribution is 9.10. The van der Waals surface area contributed by atoms with Crippen LogP contribution in [0.4, 0.5) is 0 Å². The molecule has 2 aromatic carbocycles. The van der Waals surface area contributed by atoms with Crippen LogP contribution in [0.2, 0.25) is 0 Å². The lowest BCUT2D eigenvalue weighted by atomic mass is 9.95. The summed E-state index contributed by atoms with van der Waals surface area (Å²) >= 11 is 8.41. The smallest absolute Gasteiger partial charge is 0.338 e. The van der Waals surface area contributed by atoms with Crippen LogP contribution in [-0.2, 0) is 9.53 Å². The fourth-order valence-electron chi connectivity index (χ4n) is 4.49. The van der Waals surface area contributed by atoms with Gasteiger partial charge in [-0.25, -0.2) is 9.79 Å². The summed E-state index contributed by atoms with van der Waals surface area (Å²) in [4.78, 5) is 32.4. The summed E-state index contributed by atoms with van der Waals surface area (Å²) in [6.45, 7) is 7.50. The number of esters is 1. The number of carbonyl (C=O) groups is 1. The second-order valence-corrected chi connectivity index (χ2v) is 11.9. The van der Waals surface area contributed by atoms with Gasteiger partial charge in [-0.2, -0.15) is 0 Å². The first kappa shape index (κ1) is 30.9. The third-order valence-corrected chi connectivity index (χ3v) is 8.48. The molecule has 9 nitrogen and oxygen atoms in total. The molecule has 12 heteroatoms. The van der Waals surface area contributed by atoms with E-state index in [0.29, 0.717) is 52.5 Å². The fraction of sp³-hybridized carbons (Fsp3) is 0.345. The van der Waals surface area contributed by atoms with E-state index in [9.17, 15) is 9.59 Å². The number of thiazole rings is 1. The van der Waals surface area contributed by atoms with Crippen LogP contribution in [0.1, 0.15) is 44.9 Å². The zero-order chi connectivity index (χ0) is 30.0. The summed E-state index contributed by atoms with van der Waals surface area (Å²) in [6.07, 6.45) is 1.71. The molecule has 1 aromatic heterocycles. The normalized spacial score (nSPS) is 15.0. The number of carbonyl (C=O) groups excluding carboxylic acids is 1. The minimum absolute atomic E-state index is 0.0533. The molecular weight excluding hydrogens is 680 g/mol. The third-order valence-electron chi connectivity index (χ3n) is 6.22. The van der Waals surface area contributed by atoms with Gasteiger partial charge in [0.2, 0.25) is 0 Å². The lowest BCUT2D eigenvalue weighted by Crippen LogP contribution is -2.40.